The van der Waals surface area contributed by atoms with E-state index >= 15 is 0 Å². The molecule has 0 unspecified atom stereocenters. The molecule has 0 N–H and O–H groups in total. The summed E-state index contributed by atoms with van der Waals surface area (Å²) in [6.07, 6.45) is 7.93. The molecule has 0 aromatic carbocycles. The summed E-state index contributed by atoms with van der Waals surface area (Å²) in [6, 6.07) is 0. The first-order valence-electron chi connectivity index (χ1n) is 8.02. The van der Waals surface area contributed by atoms with Crippen molar-refractivity contribution in [2.75, 3.05) is 19.0 Å². The van der Waals surface area contributed by atoms with Crippen LogP contribution < -0.4 is 10.5 Å². The fraction of sp³-hybridized carbons (Fsp3) is 0.333. The Bertz CT molecular complexity index is 984. The van der Waals surface area contributed by atoms with Crippen molar-refractivity contribution in [3.63, 3.8) is 0 Å². The van der Waals surface area contributed by atoms with Crippen molar-refractivity contribution < 1.29 is 0 Å². The molecule has 0 saturated heterocycles. The van der Waals surface area contributed by atoms with Gasteiger partial charge < -0.3 is 4.90 Å². The standard InChI is InChI=1S/C14H15N5OS.C4H8/c1-5-8(2)19-7-17-10-9-12(18(3)4)15-6-16-13(9)21-11(10)14(19)20;1-3-4-2/h5-7H,1-4H3;3H,1,4H2,2H3/b8-5+;. The van der Waals surface area contributed by atoms with Crippen molar-refractivity contribution in [1.82, 2.24) is 19.5 Å². The second-order valence-corrected chi connectivity index (χ2v) is 6.60. The van der Waals surface area contributed by atoms with Gasteiger partial charge in [-0.1, -0.05) is 19.1 Å². The summed E-state index contributed by atoms with van der Waals surface area (Å²) in [7, 11) is 3.83. The maximum Gasteiger partial charge on any atom is 0.275 e. The largest absolute Gasteiger partial charge is 0.362 e. The van der Waals surface area contributed by atoms with Gasteiger partial charge in [0.15, 0.2) is 0 Å². The molecule has 0 aliphatic carbocycles. The van der Waals surface area contributed by atoms with Crippen LogP contribution in [0.2, 0.25) is 0 Å². The summed E-state index contributed by atoms with van der Waals surface area (Å²) in [6.45, 7) is 9.32. The van der Waals surface area contributed by atoms with Gasteiger partial charge in [-0.3, -0.25) is 9.36 Å². The topological polar surface area (TPSA) is 63.9 Å². The number of fused-ring (bicyclic) bond motifs is 3. The average molecular weight is 357 g/mol. The van der Waals surface area contributed by atoms with Crippen LogP contribution in [0.3, 0.4) is 0 Å². The fourth-order valence-corrected chi connectivity index (χ4v) is 3.20. The zero-order chi connectivity index (χ0) is 18.6. The zero-order valence-corrected chi connectivity index (χ0v) is 16.1. The Labute approximate surface area is 151 Å². The van der Waals surface area contributed by atoms with E-state index in [0.29, 0.717) is 10.2 Å². The molecule has 0 saturated carbocycles. The fourth-order valence-electron chi connectivity index (χ4n) is 2.18. The van der Waals surface area contributed by atoms with Crippen LogP contribution in [-0.2, 0) is 0 Å². The third-order valence-corrected chi connectivity index (χ3v) is 4.74. The summed E-state index contributed by atoms with van der Waals surface area (Å²) in [5.41, 5.74) is 1.46. The summed E-state index contributed by atoms with van der Waals surface area (Å²) in [5.74, 6) is 0.777. The van der Waals surface area contributed by atoms with Crippen LogP contribution in [0.4, 0.5) is 5.82 Å². The normalized spacial score (nSPS) is 11.3. The van der Waals surface area contributed by atoms with Crippen molar-refractivity contribution in [2.24, 2.45) is 0 Å². The first kappa shape index (κ1) is 18.8. The zero-order valence-electron chi connectivity index (χ0n) is 15.3. The summed E-state index contributed by atoms with van der Waals surface area (Å²) >= 11 is 1.36. The molecular weight excluding hydrogens is 334 g/mol. The lowest BCUT2D eigenvalue weighted by molar-refractivity contribution is 0.980. The summed E-state index contributed by atoms with van der Waals surface area (Å²) in [4.78, 5) is 28.3. The SMILES string of the molecule is C/C=C(\C)n1cnc2c(sc3ncnc(N(C)C)c32)c1=O.C=CCC. The molecule has 3 rings (SSSR count). The van der Waals surface area contributed by atoms with E-state index in [9.17, 15) is 4.79 Å². The molecule has 6 nitrogen and oxygen atoms in total. The highest BCUT2D eigenvalue weighted by Crippen LogP contribution is 2.33. The van der Waals surface area contributed by atoms with Gasteiger partial charge >= 0.3 is 0 Å². The molecule has 0 amide bonds. The Morgan fingerprint density at radius 1 is 1.36 bits per heavy atom. The molecule has 0 aliphatic heterocycles. The number of hydrogen-bond acceptors (Lipinski definition) is 6. The van der Waals surface area contributed by atoms with Crippen molar-refractivity contribution in [2.45, 2.75) is 27.2 Å². The molecule has 3 aromatic rings. The quantitative estimate of drug-likeness (QED) is 0.665. The van der Waals surface area contributed by atoms with Gasteiger partial charge in [-0.25, -0.2) is 15.0 Å². The Balaban J connectivity index is 0.000000511. The van der Waals surface area contributed by atoms with Crippen molar-refractivity contribution >= 4 is 43.3 Å². The van der Waals surface area contributed by atoms with Crippen LogP contribution in [0.25, 0.3) is 26.1 Å². The lowest BCUT2D eigenvalue weighted by atomic mass is 10.3. The smallest absolute Gasteiger partial charge is 0.275 e. The predicted molar refractivity (Wildman–Crippen MR) is 107 cm³/mol. The van der Waals surface area contributed by atoms with Crippen molar-refractivity contribution in [3.8, 4) is 0 Å². The lowest BCUT2D eigenvalue weighted by Crippen LogP contribution is -2.18. The van der Waals surface area contributed by atoms with Crippen molar-refractivity contribution in [1.29, 1.82) is 0 Å². The number of aromatic nitrogens is 4. The Morgan fingerprint density at radius 2 is 2.04 bits per heavy atom. The van der Waals surface area contributed by atoms with E-state index in [0.717, 1.165) is 28.2 Å². The first-order chi connectivity index (χ1) is 12.0. The molecule has 0 atom stereocenters. The second-order valence-electron chi connectivity index (χ2n) is 5.60. The average Bonchev–Trinajstić information content (AvgIpc) is 3.01. The molecule has 3 heterocycles. The molecule has 132 valence electrons. The van der Waals surface area contributed by atoms with Gasteiger partial charge in [-0.2, -0.15) is 0 Å². The third-order valence-electron chi connectivity index (χ3n) is 3.67. The van der Waals surface area contributed by atoms with E-state index in [1.54, 1.807) is 10.9 Å². The maximum absolute atomic E-state index is 12.6. The van der Waals surface area contributed by atoms with Crippen LogP contribution in [-0.4, -0.2) is 33.6 Å². The van der Waals surface area contributed by atoms with E-state index in [-0.39, 0.29) is 5.56 Å². The van der Waals surface area contributed by atoms with E-state index in [2.05, 4.69) is 28.5 Å². The van der Waals surface area contributed by atoms with Gasteiger partial charge in [-0.05, 0) is 20.3 Å². The van der Waals surface area contributed by atoms with Crippen LogP contribution in [0.15, 0.2) is 36.2 Å². The molecule has 0 radical (unpaired) electrons. The van der Waals surface area contributed by atoms with Gasteiger partial charge in [-0.15, -0.1) is 17.9 Å². The maximum atomic E-state index is 12.6. The Kier molecular flexibility index (Phi) is 6.03. The highest BCUT2D eigenvalue weighted by atomic mass is 32.1. The van der Waals surface area contributed by atoms with E-state index in [1.165, 1.54) is 17.7 Å². The van der Waals surface area contributed by atoms with Gasteiger partial charge in [0, 0.05) is 19.8 Å². The minimum Gasteiger partial charge on any atom is -0.362 e. The number of nitrogens with zero attached hydrogens (tertiary/aromatic N) is 5. The molecular formula is C18H23N5OS. The van der Waals surface area contributed by atoms with E-state index < -0.39 is 0 Å². The summed E-state index contributed by atoms with van der Waals surface area (Å²) < 4.78 is 2.16. The number of allylic oxidation sites excluding steroid dienone is 3. The second kappa shape index (κ2) is 8.02. The molecule has 7 heteroatoms. The number of rotatable bonds is 3. The van der Waals surface area contributed by atoms with Crippen LogP contribution in [0.1, 0.15) is 27.2 Å². The minimum absolute atomic E-state index is 0.0664. The van der Waals surface area contributed by atoms with Gasteiger partial charge in [0.05, 0.1) is 5.39 Å². The highest BCUT2D eigenvalue weighted by Gasteiger charge is 2.17. The molecule has 25 heavy (non-hydrogen) atoms. The van der Waals surface area contributed by atoms with Gasteiger partial charge in [0.25, 0.3) is 5.56 Å². The summed E-state index contributed by atoms with van der Waals surface area (Å²) in [5, 5.41) is 0.838. The number of thiophene rings is 1. The third kappa shape index (κ3) is 3.61. The number of anilines is 1. The van der Waals surface area contributed by atoms with E-state index in [1.807, 2.05) is 45.0 Å². The Morgan fingerprint density at radius 3 is 2.60 bits per heavy atom. The van der Waals surface area contributed by atoms with Crippen LogP contribution >= 0.6 is 11.3 Å². The molecule has 3 aromatic heterocycles. The van der Waals surface area contributed by atoms with Crippen LogP contribution in [0, 0.1) is 0 Å². The van der Waals surface area contributed by atoms with E-state index in [4.69, 9.17) is 0 Å². The molecule has 0 aliphatic rings. The highest BCUT2D eigenvalue weighted by molar-refractivity contribution is 7.25. The van der Waals surface area contributed by atoms with Crippen LogP contribution in [0.5, 0.6) is 0 Å². The number of hydrogen-bond donors (Lipinski definition) is 0. The molecule has 0 bridgehead atoms. The molecule has 0 fully saturated rings. The monoisotopic (exact) mass is 357 g/mol. The van der Waals surface area contributed by atoms with Gasteiger partial charge in [0.2, 0.25) is 0 Å². The lowest BCUT2D eigenvalue weighted by Gasteiger charge is -2.11. The van der Waals surface area contributed by atoms with Crippen molar-refractivity contribution in [3.05, 3.63) is 41.7 Å². The minimum atomic E-state index is -0.0664. The van der Waals surface area contributed by atoms with Gasteiger partial charge in [0.1, 0.15) is 33.5 Å². The molecule has 0 spiro atoms. The Hall–Kier alpha value is -2.54. The predicted octanol–water partition coefficient (Wildman–Crippen LogP) is 3.93. The first-order valence-corrected chi connectivity index (χ1v) is 8.84.